The molecule has 1 aromatic rings. The van der Waals surface area contributed by atoms with Crippen LogP contribution in [0.4, 0.5) is 0 Å². The lowest BCUT2D eigenvalue weighted by Gasteiger charge is -2.07. The maximum atomic E-state index is 12.0. The molecule has 20 heavy (non-hydrogen) atoms. The van der Waals surface area contributed by atoms with Gasteiger partial charge in [-0.05, 0) is 23.8 Å². The van der Waals surface area contributed by atoms with E-state index in [0.717, 1.165) is 0 Å². The topological polar surface area (TPSA) is 69.7 Å². The number of ketones is 1. The molecule has 0 spiro atoms. The first-order valence-corrected chi connectivity index (χ1v) is 6.04. The summed E-state index contributed by atoms with van der Waals surface area (Å²) in [5, 5.41) is 0. The van der Waals surface area contributed by atoms with Crippen molar-refractivity contribution in [2.45, 2.75) is 13.8 Å². The number of hydrogen-bond acceptors (Lipinski definition) is 5. The van der Waals surface area contributed by atoms with Crippen molar-refractivity contribution in [1.82, 2.24) is 0 Å². The van der Waals surface area contributed by atoms with Crippen molar-refractivity contribution in [2.75, 3.05) is 7.11 Å². The van der Waals surface area contributed by atoms with Crippen LogP contribution in [0.5, 0.6) is 5.75 Å². The van der Waals surface area contributed by atoms with E-state index in [1.807, 2.05) is 0 Å². The standard InChI is InChI=1S/C15H16O5/c1-10(2)14(17)13(15(18)19-3)8-11-4-6-12(7-5-11)20-9-16/h4-10H,1-3H3. The predicted molar refractivity (Wildman–Crippen MR) is 73.0 cm³/mol. The van der Waals surface area contributed by atoms with Crippen LogP contribution in [0.3, 0.4) is 0 Å². The summed E-state index contributed by atoms with van der Waals surface area (Å²) in [6.45, 7) is 3.74. The van der Waals surface area contributed by atoms with Crippen LogP contribution in [-0.2, 0) is 19.1 Å². The second kappa shape index (κ2) is 7.23. The van der Waals surface area contributed by atoms with Crippen molar-refractivity contribution in [3.05, 3.63) is 35.4 Å². The van der Waals surface area contributed by atoms with Gasteiger partial charge in [0.1, 0.15) is 11.3 Å². The van der Waals surface area contributed by atoms with Crippen molar-refractivity contribution in [3.8, 4) is 5.75 Å². The molecule has 106 valence electrons. The molecule has 0 aliphatic rings. The zero-order chi connectivity index (χ0) is 15.1. The van der Waals surface area contributed by atoms with E-state index in [1.165, 1.54) is 13.2 Å². The summed E-state index contributed by atoms with van der Waals surface area (Å²) in [6.07, 6.45) is 1.46. The van der Waals surface area contributed by atoms with Crippen molar-refractivity contribution in [2.24, 2.45) is 5.92 Å². The van der Waals surface area contributed by atoms with Crippen molar-refractivity contribution < 1.29 is 23.9 Å². The Kier molecular flexibility index (Phi) is 5.65. The molecule has 0 heterocycles. The maximum absolute atomic E-state index is 12.0. The molecule has 1 rings (SSSR count). The fourth-order valence-corrected chi connectivity index (χ4v) is 1.52. The van der Waals surface area contributed by atoms with E-state index >= 15 is 0 Å². The van der Waals surface area contributed by atoms with Crippen molar-refractivity contribution in [3.63, 3.8) is 0 Å². The monoisotopic (exact) mass is 276 g/mol. The Hall–Kier alpha value is -2.43. The van der Waals surface area contributed by atoms with Crippen LogP contribution in [0.15, 0.2) is 29.8 Å². The Bertz CT molecular complexity index is 526. The minimum Gasteiger partial charge on any atom is -0.465 e. The number of hydrogen-bond donors (Lipinski definition) is 0. The summed E-state index contributed by atoms with van der Waals surface area (Å²) in [4.78, 5) is 33.8. The van der Waals surface area contributed by atoms with Gasteiger partial charge in [-0.2, -0.15) is 0 Å². The van der Waals surface area contributed by atoms with Gasteiger partial charge in [0.2, 0.25) is 0 Å². The molecule has 5 nitrogen and oxygen atoms in total. The van der Waals surface area contributed by atoms with Gasteiger partial charge in [0.15, 0.2) is 5.78 Å². The highest BCUT2D eigenvalue weighted by Gasteiger charge is 2.21. The molecular formula is C15H16O5. The fourth-order valence-electron chi connectivity index (χ4n) is 1.52. The van der Waals surface area contributed by atoms with E-state index in [-0.39, 0.29) is 17.3 Å². The molecule has 0 aliphatic heterocycles. The lowest BCUT2D eigenvalue weighted by atomic mass is 9.99. The summed E-state index contributed by atoms with van der Waals surface area (Å²) in [7, 11) is 1.23. The average molecular weight is 276 g/mol. The molecule has 1 aromatic carbocycles. The van der Waals surface area contributed by atoms with Gasteiger partial charge < -0.3 is 9.47 Å². The van der Waals surface area contributed by atoms with E-state index in [0.29, 0.717) is 17.8 Å². The molecule has 0 aromatic heterocycles. The minimum absolute atomic E-state index is 0.00782. The van der Waals surface area contributed by atoms with E-state index in [1.54, 1.807) is 38.1 Å². The third kappa shape index (κ3) is 4.05. The molecule has 0 amide bonds. The van der Waals surface area contributed by atoms with Gasteiger partial charge in [0, 0.05) is 5.92 Å². The Morgan fingerprint density at radius 1 is 1.15 bits per heavy atom. The smallest absolute Gasteiger partial charge is 0.341 e. The Morgan fingerprint density at radius 3 is 2.20 bits per heavy atom. The average Bonchev–Trinajstić information content (AvgIpc) is 2.45. The van der Waals surface area contributed by atoms with E-state index in [9.17, 15) is 14.4 Å². The first-order chi connectivity index (χ1) is 9.49. The lowest BCUT2D eigenvalue weighted by molar-refractivity contribution is -0.138. The van der Waals surface area contributed by atoms with Gasteiger partial charge >= 0.3 is 5.97 Å². The van der Waals surface area contributed by atoms with E-state index in [2.05, 4.69) is 9.47 Å². The minimum atomic E-state index is -0.670. The number of methoxy groups -OCH3 is 1. The number of Topliss-reactive ketones (excluding diaryl/α,β-unsaturated/α-hetero) is 1. The van der Waals surface area contributed by atoms with Crippen LogP contribution in [0.25, 0.3) is 6.08 Å². The van der Waals surface area contributed by atoms with Crippen LogP contribution in [-0.4, -0.2) is 25.3 Å². The third-order valence-corrected chi connectivity index (χ3v) is 2.57. The predicted octanol–water partition coefficient (Wildman–Crippen LogP) is 2.00. The van der Waals surface area contributed by atoms with Gasteiger partial charge in [-0.1, -0.05) is 26.0 Å². The molecule has 0 saturated carbocycles. The second-order valence-electron chi connectivity index (χ2n) is 4.35. The van der Waals surface area contributed by atoms with Crippen LogP contribution < -0.4 is 4.74 Å². The fraction of sp³-hybridized carbons (Fsp3) is 0.267. The molecule has 0 N–H and O–H groups in total. The summed E-state index contributed by atoms with van der Waals surface area (Å²) in [5.74, 6) is -0.882. The van der Waals surface area contributed by atoms with Gasteiger partial charge in [0.05, 0.1) is 7.11 Å². The first-order valence-electron chi connectivity index (χ1n) is 6.04. The lowest BCUT2D eigenvalue weighted by Crippen LogP contribution is -2.18. The number of esters is 1. The zero-order valence-corrected chi connectivity index (χ0v) is 11.6. The molecule has 0 bridgehead atoms. The molecule has 0 aliphatic carbocycles. The number of carbonyl (C=O) groups excluding carboxylic acids is 3. The molecule has 0 unspecified atom stereocenters. The van der Waals surface area contributed by atoms with Crippen LogP contribution in [0.1, 0.15) is 19.4 Å². The van der Waals surface area contributed by atoms with Gasteiger partial charge in [-0.25, -0.2) is 4.79 Å². The summed E-state index contributed by atoms with van der Waals surface area (Å²) in [5.41, 5.74) is 0.629. The number of rotatable bonds is 6. The highest BCUT2D eigenvalue weighted by molar-refractivity contribution is 6.21. The Morgan fingerprint density at radius 2 is 1.75 bits per heavy atom. The largest absolute Gasteiger partial charge is 0.465 e. The van der Waals surface area contributed by atoms with Crippen LogP contribution in [0, 0.1) is 5.92 Å². The third-order valence-electron chi connectivity index (χ3n) is 2.57. The summed E-state index contributed by atoms with van der Waals surface area (Å²) >= 11 is 0. The second-order valence-corrected chi connectivity index (χ2v) is 4.35. The SMILES string of the molecule is COC(=O)C(=Cc1ccc(OC=O)cc1)C(=O)C(C)C. The molecule has 0 fully saturated rings. The zero-order valence-electron chi connectivity index (χ0n) is 11.6. The quantitative estimate of drug-likeness (QED) is 0.261. The molecule has 0 radical (unpaired) electrons. The van der Waals surface area contributed by atoms with Gasteiger partial charge in [0.25, 0.3) is 6.47 Å². The first kappa shape index (κ1) is 15.6. The summed E-state index contributed by atoms with van der Waals surface area (Å²) in [6, 6.07) is 6.40. The number of benzene rings is 1. The van der Waals surface area contributed by atoms with Crippen LogP contribution in [0.2, 0.25) is 0 Å². The van der Waals surface area contributed by atoms with E-state index in [4.69, 9.17) is 0 Å². The number of ether oxygens (including phenoxy) is 2. The molecular weight excluding hydrogens is 260 g/mol. The molecule has 0 saturated heterocycles. The molecule has 0 atom stereocenters. The van der Waals surface area contributed by atoms with E-state index < -0.39 is 5.97 Å². The van der Waals surface area contributed by atoms with Gasteiger partial charge in [-0.15, -0.1) is 0 Å². The Balaban J connectivity index is 3.09. The molecule has 5 heteroatoms. The van der Waals surface area contributed by atoms with Gasteiger partial charge in [-0.3, -0.25) is 9.59 Å². The number of carbonyl (C=O) groups is 3. The van der Waals surface area contributed by atoms with Crippen LogP contribution >= 0.6 is 0 Å². The summed E-state index contributed by atoms with van der Waals surface area (Å²) < 4.78 is 9.28. The normalized spacial score (nSPS) is 11.1. The Labute approximate surface area is 117 Å². The van der Waals surface area contributed by atoms with Crippen molar-refractivity contribution >= 4 is 24.3 Å². The maximum Gasteiger partial charge on any atom is 0.341 e. The highest BCUT2D eigenvalue weighted by atomic mass is 16.5. The van der Waals surface area contributed by atoms with Crippen molar-refractivity contribution in [1.29, 1.82) is 0 Å². The highest BCUT2D eigenvalue weighted by Crippen LogP contribution is 2.16.